The molecule has 1 aromatic carbocycles. The van der Waals surface area contributed by atoms with Crippen LogP contribution >= 0.6 is 0 Å². The van der Waals surface area contributed by atoms with Crippen molar-refractivity contribution < 1.29 is 0 Å². The van der Waals surface area contributed by atoms with Crippen LogP contribution in [0, 0.1) is 25.7 Å². The number of aromatic nitrogens is 1. The minimum absolute atomic E-state index is 0.567. The summed E-state index contributed by atoms with van der Waals surface area (Å²) in [7, 11) is 0. The second kappa shape index (κ2) is 7.08. The lowest BCUT2D eigenvalue weighted by molar-refractivity contribution is 0.134. The van der Waals surface area contributed by atoms with Crippen LogP contribution in [0.15, 0.2) is 42.1 Å². The Morgan fingerprint density at radius 2 is 2.04 bits per heavy atom. The predicted molar refractivity (Wildman–Crippen MR) is 111 cm³/mol. The molecule has 2 aromatic rings. The summed E-state index contributed by atoms with van der Waals surface area (Å²) in [5.74, 6) is 1.50. The van der Waals surface area contributed by atoms with Crippen LogP contribution in [-0.4, -0.2) is 22.5 Å². The highest BCUT2D eigenvalue weighted by atomic mass is 15.2. The molecule has 0 saturated carbocycles. The van der Waals surface area contributed by atoms with Gasteiger partial charge >= 0.3 is 0 Å². The minimum Gasteiger partial charge on any atom is -0.361 e. The lowest BCUT2D eigenvalue weighted by Crippen LogP contribution is -2.42. The predicted octanol–water partition coefficient (Wildman–Crippen LogP) is 5.91. The number of H-pyrrole nitrogens is 1. The molecule has 0 bridgehead atoms. The normalized spacial score (nSPS) is 27.1. The molecule has 26 heavy (non-hydrogen) atoms. The highest BCUT2D eigenvalue weighted by Gasteiger charge is 2.29. The number of nitrogens with zero attached hydrogens (tertiary/aromatic N) is 1. The smallest absolute Gasteiger partial charge is 0.0487 e. The number of rotatable bonds is 3. The molecule has 138 valence electrons. The third-order valence-corrected chi connectivity index (χ3v) is 6.44. The van der Waals surface area contributed by atoms with E-state index >= 15 is 0 Å². The van der Waals surface area contributed by atoms with E-state index in [0.29, 0.717) is 12.0 Å². The molecule has 1 aliphatic carbocycles. The van der Waals surface area contributed by atoms with Crippen molar-refractivity contribution >= 4 is 10.9 Å². The lowest BCUT2D eigenvalue weighted by atomic mass is 9.84. The number of aryl methyl sites for hydroxylation is 2. The number of likely N-dealkylation sites (tertiary alicyclic amines) is 1. The van der Waals surface area contributed by atoms with E-state index in [-0.39, 0.29) is 0 Å². The van der Waals surface area contributed by atoms with E-state index < -0.39 is 0 Å². The van der Waals surface area contributed by atoms with Gasteiger partial charge in [0, 0.05) is 29.7 Å². The Morgan fingerprint density at radius 3 is 2.81 bits per heavy atom. The molecule has 2 aliphatic rings. The van der Waals surface area contributed by atoms with Gasteiger partial charge in [-0.1, -0.05) is 38.1 Å². The number of allylic oxidation sites excluding steroid dienone is 2. The molecule has 2 heterocycles. The van der Waals surface area contributed by atoms with Crippen molar-refractivity contribution in [1.29, 1.82) is 0 Å². The van der Waals surface area contributed by atoms with Crippen molar-refractivity contribution in [3.8, 4) is 0 Å². The summed E-state index contributed by atoms with van der Waals surface area (Å²) in [5, 5.41) is 1.40. The van der Waals surface area contributed by atoms with Crippen molar-refractivity contribution in [1.82, 2.24) is 9.88 Å². The van der Waals surface area contributed by atoms with Crippen LogP contribution in [0.3, 0.4) is 0 Å². The number of hydrogen-bond acceptors (Lipinski definition) is 1. The number of aromatic amines is 1. The van der Waals surface area contributed by atoms with Gasteiger partial charge in [0.15, 0.2) is 0 Å². The average molecular weight is 349 g/mol. The van der Waals surface area contributed by atoms with Crippen molar-refractivity contribution in [3.63, 3.8) is 0 Å². The zero-order valence-corrected chi connectivity index (χ0v) is 16.7. The first kappa shape index (κ1) is 17.6. The van der Waals surface area contributed by atoms with Crippen LogP contribution in [0.25, 0.3) is 10.9 Å². The molecule has 1 saturated heterocycles. The zero-order valence-electron chi connectivity index (χ0n) is 16.7. The van der Waals surface area contributed by atoms with Crippen LogP contribution in [0.4, 0.5) is 0 Å². The summed E-state index contributed by atoms with van der Waals surface area (Å²) < 4.78 is 0. The van der Waals surface area contributed by atoms with Crippen LogP contribution in [0.2, 0.25) is 0 Å². The molecule has 3 unspecified atom stereocenters. The quantitative estimate of drug-likeness (QED) is 0.731. The highest BCUT2D eigenvalue weighted by Crippen LogP contribution is 2.34. The van der Waals surface area contributed by atoms with Crippen LogP contribution in [0.1, 0.15) is 49.8 Å². The highest BCUT2D eigenvalue weighted by molar-refractivity contribution is 5.87. The van der Waals surface area contributed by atoms with Crippen LogP contribution in [-0.2, 0) is 6.54 Å². The van der Waals surface area contributed by atoms with E-state index in [1.54, 1.807) is 5.57 Å². The standard InChI is InChI=1S/C24H32N2/c1-16-5-7-20(8-6-16)23-13-17(2)10-12-26(23)15-22-18(3)14-19(4)24-21(22)9-11-25-24/h5,7-9,11,14,16-17,23,25H,6,10,12-13,15H2,1-4H3. The molecule has 0 radical (unpaired) electrons. The molecular weight excluding hydrogens is 316 g/mol. The second-order valence-corrected chi connectivity index (χ2v) is 8.65. The van der Waals surface area contributed by atoms with Gasteiger partial charge in [-0.15, -0.1) is 0 Å². The second-order valence-electron chi connectivity index (χ2n) is 8.65. The average Bonchev–Trinajstić information content (AvgIpc) is 3.10. The molecule has 1 aromatic heterocycles. The summed E-state index contributed by atoms with van der Waals surface area (Å²) in [5.41, 5.74) is 7.12. The maximum atomic E-state index is 3.44. The Bertz CT molecular complexity index is 854. The zero-order chi connectivity index (χ0) is 18.3. The summed E-state index contributed by atoms with van der Waals surface area (Å²) in [6.07, 6.45) is 13.2. The molecule has 1 fully saturated rings. The maximum Gasteiger partial charge on any atom is 0.0487 e. The first-order valence-corrected chi connectivity index (χ1v) is 10.2. The van der Waals surface area contributed by atoms with Crippen molar-refractivity contribution in [2.75, 3.05) is 6.54 Å². The Balaban J connectivity index is 1.66. The molecule has 2 heteroatoms. The van der Waals surface area contributed by atoms with E-state index in [1.165, 1.54) is 53.4 Å². The fourth-order valence-corrected chi connectivity index (χ4v) is 4.77. The fourth-order valence-electron chi connectivity index (χ4n) is 4.77. The molecule has 0 spiro atoms. The summed E-state index contributed by atoms with van der Waals surface area (Å²) >= 11 is 0. The van der Waals surface area contributed by atoms with E-state index in [0.717, 1.165) is 12.5 Å². The molecule has 0 amide bonds. The summed E-state index contributed by atoms with van der Waals surface area (Å²) in [6, 6.07) is 5.17. The van der Waals surface area contributed by atoms with Crippen LogP contribution < -0.4 is 0 Å². The number of benzene rings is 1. The van der Waals surface area contributed by atoms with E-state index in [4.69, 9.17) is 0 Å². The first-order chi connectivity index (χ1) is 12.5. The van der Waals surface area contributed by atoms with Crippen LogP contribution in [0.5, 0.6) is 0 Å². The molecular formula is C24H32N2. The number of piperidine rings is 1. The first-order valence-electron chi connectivity index (χ1n) is 10.2. The van der Waals surface area contributed by atoms with Gasteiger partial charge in [0.25, 0.3) is 0 Å². The van der Waals surface area contributed by atoms with Gasteiger partial charge in [-0.05, 0) is 79.8 Å². The topological polar surface area (TPSA) is 19.0 Å². The monoisotopic (exact) mass is 348 g/mol. The summed E-state index contributed by atoms with van der Waals surface area (Å²) in [6.45, 7) is 11.5. The van der Waals surface area contributed by atoms with Gasteiger partial charge in [-0.25, -0.2) is 0 Å². The third-order valence-electron chi connectivity index (χ3n) is 6.44. The molecule has 1 aliphatic heterocycles. The maximum absolute atomic E-state index is 3.44. The lowest BCUT2D eigenvalue weighted by Gasteiger charge is -2.40. The Labute approximate surface area is 158 Å². The van der Waals surface area contributed by atoms with E-state index in [1.807, 2.05) is 0 Å². The van der Waals surface area contributed by atoms with Gasteiger partial charge in [0.1, 0.15) is 0 Å². The number of hydrogen-bond donors (Lipinski definition) is 1. The van der Waals surface area contributed by atoms with Gasteiger partial charge in [-0.2, -0.15) is 0 Å². The SMILES string of the molecule is Cc1cc(C)c2[nH]ccc2c1CN1CCC(C)CC1C1=CCC(C)C=C1. The fraction of sp³-hybridized carbons (Fsp3) is 0.500. The van der Waals surface area contributed by atoms with E-state index in [2.05, 4.69) is 74.1 Å². The molecule has 3 atom stereocenters. The van der Waals surface area contributed by atoms with Crippen molar-refractivity contribution in [2.24, 2.45) is 11.8 Å². The molecule has 1 N–H and O–H groups in total. The largest absolute Gasteiger partial charge is 0.361 e. The molecule has 4 rings (SSSR count). The van der Waals surface area contributed by atoms with Crippen molar-refractivity contribution in [3.05, 3.63) is 58.8 Å². The summed E-state index contributed by atoms with van der Waals surface area (Å²) in [4.78, 5) is 6.17. The van der Waals surface area contributed by atoms with Gasteiger partial charge < -0.3 is 4.98 Å². The van der Waals surface area contributed by atoms with Crippen molar-refractivity contribution in [2.45, 2.75) is 59.5 Å². The Morgan fingerprint density at radius 1 is 1.19 bits per heavy atom. The van der Waals surface area contributed by atoms with Gasteiger partial charge in [0.2, 0.25) is 0 Å². The number of nitrogens with one attached hydrogen (secondary N) is 1. The third kappa shape index (κ3) is 3.27. The minimum atomic E-state index is 0.567. The van der Waals surface area contributed by atoms with Gasteiger partial charge in [-0.3, -0.25) is 4.90 Å². The van der Waals surface area contributed by atoms with E-state index in [9.17, 15) is 0 Å². The molecule has 2 nitrogen and oxygen atoms in total. The van der Waals surface area contributed by atoms with Gasteiger partial charge in [0.05, 0.1) is 0 Å². The number of fused-ring (bicyclic) bond motifs is 1. The Hall–Kier alpha value is -1.80. The Kier molecular flexibility index (Phi) is 4.79.